The fraction of sp³-hybridized carbons (Fsp3) is 0.500. The normalized spacial score (nSPS) is 11.2. The monoisotopic (exact) mass is 268 g/mol. The minimum absolute atomic E-state index is 0.244. The second-order valence-electron chi connectivity index (χ2n) is 5.24. The Morgan fingerprint density at radius 1 is 1.32 bits per heavy atom. The summed E-state index contributed by atoms with van der Waals surface area (Å²) in [5.41, 5.74) is 0.385. The molecule has 19 heavy (non-hydrogen) atoms. The number of benzene rings is 1. The summed E-state index contributed by atoms with van der Waals surface area (Å²) >= 11 is 0. The van der Waals surface area contributed by atoms with Crippen LogP contribution in [0.5, 0.6) is 0 Å². The molecular weight excluding hydrogens is 247 g/mol. The smallest absolute Gasteiger partial charge is 0.407 e. The Kier molecular flexibility index (Phi) is 5.76. The molecule has 5 heteroatoms. The number of carbonyl (C=O) groups is 1. The van der Waals surface area contributed by atoms with Gasteiger partial charge in [0, 0.05) is 19.6 Å². The van der Waals surface area contributed by atoms with Crippen molar-refractivity contribution in [2.75, 3.05) is 13.1 Å². The largest absolute Gasteiger partial charge is 0.444 e. The van der Waals surface area contributed by atoms with Crippen LogP contribution in [0.25, 0.3) is 0 Å². The van der Waals surface area contributed by atoms with Crippen molar-refractivity contribution in [2.24, 2.45) is 0 Å². The Labute approximate surface area is 113 Å². The van der Waals surface area contributed by atoms with E-state index >= 15 is 0 Å². The summed E-state index contributed by atoms with van der Waals surface area (Å²) in [4.78, 5) is 11.3. The van der Waals surface area contributed by atoms with Gasteiger partial charge in [-0.15, -0.1) is 0 Å². The number of halogens is 1. The highest BCUT2D eigenvalue weighted by Crippen LogP contribution is 2.06. The fourth-order valence-corrected chi connectivity index (χ4v) is 1.45. The van der Waals surface area contributed by atoms with Crippen LogP contribution in [-0.2, 0) is 11.3 Å². The number of rotatable bonds is 5. The first-order chi connectivity index (χ1) is 8.87. The van der Waals surface area contributed by atoms with E-state index in [0.717, 1.165) is 5.56 Å². The molecule has 0 fully saturated rings. The summed E-state index contributed by atoms with van der Waals surface area (Å²) in [6, 6.07) is 6.41. The zero-order valence-electron chi connectivity index (χ0n) is 11.6. The maximum atomic E-state index is 12.9. The molecule has 0 bridgehead atoms. The van der Waals surface area contributed by atoms with Crippen LogP contribution in [0.15, 0.2) is 24.3 Å². The number of ether oxygens (including phenoxy) is 1. The molecule has 0 aliphatic rings. The number of hydrogen-bond donors (Lipinski definition) is 2. The van der Waals surface area contributed by atoms with Crippen LogP contribution in [0.4, 0.5) is 9.18 Å². The van der Waals surface area contributed by atoms with Crippen molar-refractivity contribution in [3.63, 3.8) is 0 Å². The summed E-state index contributed by atoms with van der Waals surface area (Å²) in [7, 11) is 0. The van der Waals surface area contributed by atoms with Gasteiger partial charge in [-0.05, 0) is 38.5 Å². The van der Waals surface area contributed by atoms with E-state index in [1.807, 2.05) is 26.8 Å². The highest BCUT2D eigenvalue weighted by atomic mass is 19.1. The van der Waals surface area contributed by atoms with E-state index in [4.69, 9.17) is 4.74 Å². The first-order valence-corrected chi connectivity index (χ1v) is 6.29. The van der Waals surface area contributed by atoms with Crippen LogP contribution in [0.3, 0.4) is 0 Å². The molecule has 0 heterocycles. The molecule has 0 radical (unpaired) electrons. The van der Waals surface area contributed by atoms with Gasteiger partial charge in [0.1, 0.15) is 11.4 Å². The maximum absolute atomic E-state index is 12.9. The topological polar surface area (TPSA) is 50.4 Å². The van der Waals surface area contributed by atoms with Crippen molar-refractivity contribution in [3.8, 4) is 0 Å². The average Bonchev–Trinajstić information content (AvgIpc) is 2.26. The molecule has 0 atom stereocenters. The molecular formula is C14H21FN2O2. The highest BCUT2D eigenvalue weighted by Gasteiger charge is 2.15. The minimum Gasteiger partial charge on any atom is -0.444 e. The van der Waals surface area contributed by atoms with Crippen molar-refractivity contribution >= 4 is 6.09 Å². The lowest BCUT2D eigenvalue weighted by Crippen LogP contribution is -2.36. The van der Waals surface area contributed by atoms with Gasteiger partial charge in [-0.25, -0.2) is 9.18 Å². The van der Waals surface area contributed by atoms with Gasteiger partial charge in [0.25, 0.3) is 0 Å². The number of alkyl carbamates (subject to hydrolysis) is 1. The van der Waals surface area contributed by atoms with E-state index in [2.05, 4.69) is 10.6 Å². The Hall–Kier alpha value is -1.62. The van der Waals surface area contributed by atoms with Crippen LogP contribution < -0.4 is 10.6 Å². The fourth-order valence-electron chi connectivity index (χ4n) is 1.45. The molecule has 0 aliphatic carbocycles. The van der Waals surface area contributed by atoms with Crippen LogP contribution >= 0.6 is 0 Å². The third-order valence-electron chi connectivity index (χ3n) is 2.19. The molecule has 1 aromatic carbocycles. The van der Waals surface area contributed by atoms with E-state index in [1.54, 1.807) is 6.07 Å². The van der Waals surface area contributed by atoms with Gasteiger partial charge >= 0.3 is 6.09 Å². The third-order valence-corrected chi connectivity index (χ3v) is 2.19. The minimum atomic E-state index is -0.487. The lowest BCUT2D eigenvalue weighted by molar-refractivity contribution is 0.0528. The zero-order chi connectivity index (χ0) is 14.3. The van der Waals surface area contributed by atoms with E-state index in [9.17, 15) is 9.18 Å². The maximum Gasteiger partial charge on any atom is 0.407 e. The molecule has 1 rings (SSSR count). The van der Waals surface area contributed by atoms with Gasteiger partial charge in [0.2, 0.25) is 0 Å². The number of nitrogens with one attached hydrogen (secondary N) is 2. The Morgan fingerprint density at radius 2 is 2.05 bits per heavy atom. The Balaban J connectivity index is 2.13. The molecule has 4 nitrogen and oxygen atoms in total. The van der Waals surface area contributed by atoms with Crippen molar-refractivity contribution in [1.82, 2.24) is 10.6 Å². The van der Waals surface area contributed by atoms with Crippen LogP contribution in [0.1, 0.15) is 26.3 Å². The van der Waals surface area contributed by atoms with Crippen LogP contribution in [0, 0.1) is 5.82 Å². The first kappa shape index (κ1) is 15.4. The van der Waals surface area contributed by atoms with Crippen molar-refractivity contribution in [3.05, 3.63) is 35.6 Å². The zero-order valence-corrected chi connectivity index (χ0v) is 11.6. The van der Waals surface area contributed by atoms with E-state index in [0.29, 0.717) is 19.6 Å². The first-order valence-electron chi connectivity index (χ1n) is 6.29. The van der Waals surface area contributed by atoms with Crippen molar-refractivity contribution < 1.29 is 13.9 Å². The standard InChI is InChI=1S/C14H21FN2O2/c1-14(2,3)19-13(18)17-8-7-16-10-11-5-4-6-12(15)9-11/h4-6,9,16H,7-8,10H2,1-3H3,(H,17,18). The Bertz CT molecular complexity index is 416. The van der Waals surface area contributed by atoms with Crippen LogP contribution in [-0.4, -0.2) is 24.8 Å². The molecule has 0 aliphatic heterocycles. The van der Waals surface area contributed by atoms with E-state index in [-0.39, 0.29) is 5.82 Å². The Morgan fingerprint density at radius 3 is 2.68 bits per heavy atom. The van der Waals surface area contributed by atoms with Gasteiger partial charge in [-0.3, -0.25) is 0 Å². The quantitative estimate of drug-likeness (QED) is 0.806. The molecule has 0 saturated heterocycles. The predicted molar refractivity (Wildman–Crippen MR) is 72.3 cm³/mol. The summed E-state index contributed by atoms with van der Waals surface area (Å²) < 4.78 is 18.0. The highest BCUT2D eigenvalue weighted by molar-refractivity contribution is 5.67. The van der Waals surface area contributed by atoms with Gasteiger partial charge < -0.3 is 15.4 Å². The molecule has 0 unspecified atom stereocenters. The van der Waals surface area contributed by atoms with E-state index < -0.39 is 11.7 Å². The second-order valence-corrected chi connectivity index (χ2v) is 5.24. The van der Waals surface area contributed by atoms with Gasteiger partial charge in [0.15, 0.2) is 0 Å². The average molecular weight is 268 g/mol. The van der Waals surface area contributed by atoms with Crippen LogP contribution in [0.2, 0.25) is 0 Å². The summed E-state index contributed by atoms with van der Waals surface area (Å²) in [5, 5.41) is 5.75. The number of amides is 1. The molecule has 1 aromatic rings. The van der Waals surface area contributed by atoms with Crippen molar-refractivity contribution in [1.29, 1.82) is 0 Å². The second kappa shape index (κ2) is 7.09. The lowest BCUT2D eigenvalue weighted by Gasteiger charge is -2.19. The summed E-state index contributed by atoms with van der Waals surface area (Å²) in [6.07, 6.45) is -0.431. The summed E-state index contributed by atoms with van der Waals surface area (Å²) in [6.45, 7) is 7.06. The van der Waals surface area contributed by atoms with E-state index in [1.165, 1.54) is 12.1 Å². The molecule has 0 aromatic heterocycles. The molecule has 106 valence electrons. The van der Waals surface area contributed by atoms with Crippen molar-refractivity contribution in [2.45, 2.75) is 32.9 Å². The molecule has 0 saturated carbocycles. The molecule has 0 spiro atoms. The third kappa shape index (κ3) is 7.41. The number of hydrogen-bond acceptors (Lipinski definition) is 3. The SMILES string of the molecule is CC(C)(C)OC(=O)NCCNCc1cccc(F)c1. The van der Waals surface area contributed by atoms with Gasteiger partial charge in [-0.2, -0.15) is 0 Å². The number of carbonyl (C=O) groups excluding carboxylic acids is 1. The summed E-state index contributed by atoms with van der Waals surface area (Å²) in [5.74, 6) is -0.244. The molecule has 1 amide bonds. The van der Waals surface area contributed by atoms with Gasteiger partial charge in [0.05, 0.1) is 0 Å². The molecule has 2 N–H and O–H groups in total. The lowest BCUT2D eigenvalue weighted by atomic mass is 10.2. The van der Waals surface area contributed by atoms with Gasteiger partial charge in [-0.1, -0.05) is 12.1 Å². The predicted octanol–water partition coefficient (Wildman–Crippen LogP) is 2.44.